The van der Waals surface area contributed by atoms with Crippen LogP contribution < -0.4 is 20.1 Å². The average Bonchev–Trinajstić information content (AvgIpc) is 3.49. The number of rotatable bonds is 10. The van der Waals surface area contributed by atoms with Crippen molar-refractivity contribution < 1.29 is 14.3 Å². The molecule has 0 aliphatic carbocycles. The van der Waals surface area contributed by atoms with Gasteiger partial charge in [-0.05, 0) is 94.2 Å². The number of fused-ring (bicyclic) bond motifs is 1. The summed E-state index contributed by atoms with van der Waals surface area (Å²) in [6.45, 7) is 12.8. The summed E-state index contributed by atoms with van der Waals surface area (Å²) in [7, 11) is 1.61. The van der Waals surface area contributed by atoms with Crippen LogP contribution >= 0.6 is 39.3 Å². The van der Waals surface area contributed by atoms with Gasteiger partial charge in [0.15, 0.2) is 11.5 Å². The molecule has 1 aromatic heterocycles. The van der Waals surface area contributed by atoms with Crippen LogP contribution in [0.15, 0.2) is 99.8 Å². The van der Waals surface area contributed by atoms with E-state index in [0.29, 0.717) is 55.7 Å². The number of aryl methyl sites for hydroxylation is 2. The van der Waals surface area contributed by atoms with Crippen molar-refractivity contribution in [1.82, 2.24) is 14.8 Å². The van der Waals surface area contributed by atoms with Crippen LogP contribution in [0.2, 0.25) is 5.02 Å². The molecule has 0 saturated heterocycles. The van der Waals surface area contributed by atoms with Crippen LogP contribution in [-0.2, 0) is 22.6 Å². The van der Waals surface area contributed by atoms with Crippen molar-refractivity contribution in [3.63, 3.8) is 0 Å². The second-order valence-electron chi connectivity index (χ2n) is 13.7. The van der Waals surface area contributed by atoms with Crippen molar-refractivity contribution in [1.29, 1.82) is 0 Å². The molecule has 0 spiro atoms. The Bertz CT molecular complexity index is 2120. The maximum atomic E-state index is 14.3. The Kier molecular flexibility index (Phi) is 10.9. The van der Waals surface area contributed by atoms with Gasteiger partial charge in [0.05, 0.1) is 17.2 Å². The summed E-state index contributed by atoms with van der Waals surface area (Å²) in [5.41, 5.74) is 8.11. The van der Waals surface area contributed by atoms with Gasteiger partial charge in [0.1, 0.15) is 12.6 Å². The third-order valence-electron chi connectivity index (χ3n) is 8.79. The van der Waals surface area contributed by atoms with Gasteiger partial charge < -0.3 is 20.1 Å². The van der Waals surface area contributed by atoms with Crippen LogP contribution in [-0.4, -0.2) is 27.8 Å². The van der Waals surface area contributed by atoms with Crippen molar-refractivity contribution in [2.45, 2.75) is 70.5 Å². The molecule has 1 unspecified atom stereocenters. The van der Waals surface area contributed by atoms with E-state index in [2.05, 4.69) is 71.6 Å². The minimum atomic E-state index is -0.640. The summed E-state index contributed by atoms with van der Waals surface area (Å²) in [6.07, 6.45) is 0. The zero-order chi connectivity index (χ0) is 36.4. The minimum absolute atomic E-state index is 0.0661. The molecule has 6 rings (SSSR count). The molecule has 8 nitrogen and oxygen atoms in total. The summed E-state index contributed by atoms with van der Waals surface area (Å²) < 4.78 is 14.7. The van der Waals surface area contributed by atoms with Gasteiger partial charge in [-0.25, -0.2) is 4.68 Å². The fraction of sp³-hybridized carbons (Fsp3) is 0.275. The first-order valence-corrected chi connectivity index (χ1v) is 18.8. The molecule has 5 aromatic rings. The molecule has 1 amide bonds. The number of nitrogens with zero attached hydrogens (tertiary/aromatic N) is 3. The number of methoxy groups -OCH3 is 1. The van der Waals surface area contributed by atoms with E-state index in [1.807, 2.05) is 75.4 Å². The second-order valence-corrected chi connectivity index (χ2v) is 15.9. The molecule has 0 bridgehead atoms. The zero-order valence-corrected chi connectivity index (χ0v) is 32.9. The third-order valence-corrected chi connectivity index (χ3v) is 10.6. The first-order chi connectivity index (χ1) is 24.3. The zero-order valence-electron chi connectivity index (χ0n) is 29.7. The van der Waals surface area contributed by atoms with Gasteiger partial charge in [0, 0.05) is 22.2 Å². The number of nitrogens with one attached hydrogen (secondary N) is 2. The highest BCUT2D eigenvalue weighted by Crippen LogP contribution is 2.44. The number of aromatic nitrogens is 3. The Morgan fingerprint density at radius 1 is 1.04 bits per heavy atom. The molecule has 0 saturated carbocycles. The number of ether oxygens (including phenoxy) is 2. The monoisotopic (exact) mass is 785 g/mol. The predicted molar refractivity (Wildman–Crippen MR) is 210 cm³/mol. The largest absolute Gasteiger partial charge is 0.493 e. The maximum absolute atomic E-state index is 14.3. The first-order valence-electron chi connectivity index (χ1n) is 16.6. The Hall–Kier alpha value is -4.25. The van der Waals surface area contributed by atoms with Gasteiger partial charge in [-0.2, -0.15) is 4.98 Å². The van der Waals surface area contributed by atoms with E-state index in [9.17, 15) is 4.79 Å². The highest BCUT2D eigenvalue weighted by atomic mass is 79.9. The van der Waals surface area contributed by atoms with Crippen molar-refractivity contribution >= 4 is 56.8 Å². The Labute approximate surface area is 317 Å². The SMILES string of the molecule is COc1cc(C2C(C(=O)Nc3ccc(C)cc3C)=C(C)Nc3nc(SCc4ccccc4Cl)nn32)cc(Br)c1OCc1ccc(C(C)(C)C)cc1. The molecular formula is C40H41BrClN5O3S. The number of hydrogen-bond donors (Lipinski definition) is 2. The number of benzene rings is 4. The molecule has 0 fully saturated rings. The normalized spacial score (nSPS) is 14.2. The lowest BCUT2D eigenvalue weighted by Crippen LogP contribution is -2.31. The molecule has 51 heavy (non-hydrogen) atoms. The van der Waals surface area contributed by atoms with Crippen LogP contribution in [0.25, 0.3) is 0 Å². The molecule has 1 aliphatic heterocycles. The lowest BCUT2D eigenvalue weighted by atomic mass is 9.87. The number of anilines is 2. The number of amides is 1. The van der Waals surface area contributed by atoms with Crippen LogP contribution in [0, 0.1) is 13.8 Å². The van der Waals surface area contributed by atoms with Gasteiger partial charge in [-0.15, -0.1) is 5.10 Å². The summed E-state index contributed by atoms with van der Waals surface area (Å²) in [4.78, 5) is 19.1. The fourth-order valence-electron chi connectivity index (χ4n) is 5.99. The minimum Gasteiger partial charge on any atom is -0.493 e. The highest BCUT2D eigenvalue weighted by Gasteiger charge is 2.36. The molecular weight excluding hydrogens is 746 g/mol. The maximum Gasteiger partial charge on any atom is 0.255 e. The van der Waals surface area contributed by atoms with Crippen molar-refractivity contribution in [3.8, 4) is 11.5 Å². The van der Waals surface area contributed by atoms with Gasteiger partial charge in [0.25, 0.3) is 5.91 Å². The number of allylic oxidation sites excluding steroid dienone is 1. The molecule has 2 heterocycles. The van der Waals surface area contributed by atoms with E-state index in [-0.39, 0.29) is 11.3 Å². The van der Waals surface area contributed by atoms with Gasteiger partial charge in [0.2, 0.25) is 11.1 Å². The quantitative estimate of drug-likeness (QED) is 0.136. The number of carbonyl (C=O) groups excluding carboxylic acids is 1. The smallest absolute Gasteiger partial charge is 0.255 e. The lowest BCUT2D eigenvalue weighted by molar-refractivity contribution is -0.113. The molecule has 0 radical (unpaired) electrons. The molecule has 1 atom stereocenters. The van der Waals surface area contributed by atoms with Crippen LogP contribution in [0.5, 0.6) is 11.5 Å². The van der Waals surface area contributed by atoms with Crippen LogP contribution in [0.3, 0.4) is 0 Å². The molecule has 2 N–H and O–H groups in total. The summed E-state index contributed by atoms with van der Waals surface area (Å²) >= 11 is 11.7. The number of thioether (sulfide) groups is 1. The highest BCUT2D eigenvalue weighted by molar-refractivity contribution is 9.10. The number of halogens is 2. The third kappa shape index (κ3) is 8.14. The summed E-state index contributed by atoms with van der Waals surface area (Å²) in [5.74, 6) is 1.94. The second kappa shape index (κ2) is 15.2. The van der Waals surface area contributed by atoms with E-state index in [1.54, 1.807) is 11.8 Å². The topological polar surface area (TPSA) is 90.3 Å². The Morgan fingerprint density at radius 2 is 1.78 bits per heavy atom. The van der Waals surface area contributed by atoms with Crippen molar-refractivity contribution in [2.75, 3.05) is 17.7 Å². The van der Waals surface area contributed by atoms with Gasteiger partial charge >= 0.3 is 0 Å². The fourth-order valence-corrected chi connectivity index (χ4v) is 7.68. The lowest BCUT2D eigenvalue weighted by Gasteiger charge is -2.29. The Balaban J connectivity index is 1.36. The molecule has 1 aliphatic rings. The van der Waals surface area contributed by atoms with Crippen molar-refractivity contribution in [3.05, 3.63) is 133 Å². The van der Waals surface area contributed by atoms with E-state index in [0.717, 1.165) is 33.5 Å². The number of hydrogen-bond acceptors (Lipinski definition) is 7. The summed E-state index contributed by atoms with van der Waals surface area (Å²) in [5, 5.41) is 12.7. The molecule has 264 valence electrons. The summed E-state index contributed by atoms with van der Waals surface area (Å²) in [6, 6.07) is 25.4. The van der Waals surface area contributed by atoms with Crippen LogP contribution in [0.1, 0.15) is 67.1 Å². The van der Waals surface area contributed by atoms with E-state index < -0.39 is 6.04 Å². The average molecular weight is 787 g/mol. The van der Waals surface area contributed by atoms with Crippen LogP contribution in [0.4, 0.5) is 11.6 Å². The standard InChI is InChI=1S/C40H41BrClN5O3S/c1-23-12-17-32(24(2)18-23)44-37(48)34-25(3)43-38-45-39(51-22-27-10-8-9-11-31(27)42)46-47(38)35(34)28-19-30(41)36(33(20-28)49-7)50-21-26-13-15-29(16-14-26)40(4,5)6/h8-20,35H,21-22H2,1-7H3,(H,44,48)(H,43,45,46). The van der Waals surface area contributed by atoms with E-state index in [1.165, 1.54) is 17.3 Å². The van der Waals surface area contributed by atoms with Crippen molar-refractivity contribution in [2.24, 2.45) is 0 Å². The molecule has 4 aromatic carbocycles. The predicted octanol–water partition coefficient (Wildman–Crippen LogP) is 10.4. The van der Waals surface area contributed by atoms with E-state index in [4.69, 9.17) is 31.2 Å². The van der Waals surface area contributed by atoms with Gasteiger partial charge in [-0.1, -0.05) is 104 Å². The molecule has 11 heteroatoms. The first kappa shape index (κ1) is 36.5. The Morgan fingerprint density at radius 3 is 2.47 bits per heavy atom. The van der Waals surface area contributed by atoms with E-state index >= 15 is 0 Å². The van der Waals surface area contributed by atoms with Gasteiger partial charge in [-0.3, -0.25) is 4.79 Å². The number of carbonyl (C=O) groups is 1.